The van der Waals surface area contributed by atoms with E-state index in [1.54, 1.807) is 37.3 Å². The van der Waals surface area contributed by atoms with Crippen LogP contribution in [-0.4, -0.2) is 30.8 Å². The zero-order valence-electron chi connectivity index (χ0n) is 15.1. The molecule has 0 spiro atoms. The van der Waals surface area contributed by atoms with Crippen molar-refractivity contribution in [2.24, 2.45) is 0 Å². The predicted octanol–water partition coefficient (Wildman–Crippen LogP) is 2.94. The van der Waals surface area contributed by atoms with Crippen molar-refractivity contribution in [2.45, 2.75) is 11.8 Å². The minimum absolute atomic E-state index is 0.0316. The number of ether oxygens (including phenoxy) is 1. The van der Waals surface area contributed by atoms with Crippen molar-refractivity contribution in [2.75, 3.05) is 6.61 Å². The van der Waals surface area contributed by atoms with Crippen LogP contribution in [-0.2, 0) is 14.9 Å². The zero-order chi connectivity index (χ0) is 21.0. The quantitative estimate of drug-likeness (QED) is 0.396. The molecule has 29 heavy (non-hydrogen) atoms. The fourth-order valence-corrected chi connectivity index (χ4v) is 3.56. The Morgan fingerprint density at radius 2 is 1.76 bits per heavy atom. The van der Waals surface area contributed by atoms with E-state index >= 15 is 0 Å². The highest BCUT2D eigenvalue weighted by Gasteiger charge is 2.25. The van der Waals surface area contributed by atoms with Gasteiger partial charge in [-0.2, -0.15) is 18.2 Å². The van der Waals surface area contributed by atoms with E-state index in [2.05, 4.69) is 21.0 Å². The molecule has 0 aliphatic carbocycles. The van der Waals surface area contributed by atoms with Gasteiger partial charge in [-0.05, 0) is 43.3 Å². The third-order valence-electron chi connectivity index (χ3n) is 3.67. The molecule has 0 unspecified atom stereocenters. The van der Waals surface area contributed by atoms with Gasteiger partial charge in [-0.25, -0.2) is 4.79 Å². The average Bonchev–Trinajstić information content (AvgIpc) is 2.69. The first-order valence-corrected chi connectivity index (χ1v) is 10.6. The van der Waals surface area contributed by atoms with Gasteiger partial charge < -0.3 is 8.92 Å². The lowest BCUT2D eigenvalue weighted by molar-refractivity contribution is 0.0515. The molecule has 0 bridgehead atoms. The van der Waals surface area contributed by atoms with E-state index in [-0.39, 0.29) is 11.5 Å². The van der Waals surface area contributed by atoms with Crippen LogP contribution in [0.3, 0.4) is 0 Å². The molecule has 1 aromatic heterocycles. The molecule has 1 heterocycles. The van der Waals surface area contributed by atoms with Crippen LogP contribution in [0.15, 0.2) is 74.8 Å². The molecule has 0 amide bonds. The predicted molar refractivity (Wildman–Crippen MR) is 108 cm³/mol. The first kappa shape index (κ1) is 20.7. The number of nitrogens with zero attached hydrogens (tertiary/aromatic N) is 2. The van der Waals surface area contributed by atoms with E-state index < -0.39 is 33.1 Å². The molecule has 0 fully saturated rings. The third kappa shape index (κ3) is 4.72. The highest BCUT2D eigenvalue weighted by atomic mass is 79.9. The number of carbonyl (C=O) groups is 1. The maximum absolute atomic E-state index is 12.6. The van der Waals surface area contributed by atoms with Gasteiger partial charge in [0.1, 0.15) is 4.90 Å². The Morgan fingerprint density at radius 3 is 2.38 bits per heavy atom. The van der Waals surface area contributed by atoms with Crippen molar-refractivity contribution in [1.29, 1.82) is 0 Å². The summed E-state index contributed by atoms with van der Waals surface area (Å²) in [6.07, 6.45) is 0. The molecule has 0 aliphatic rings. The molecule has 3 aromatic rings. The summed E-state index contributed by atoms with van der Waals surface area (Å²) in [5, 5.41) is 3.99. The number of aromatic nitrogens is 2. The lowest BCUT2D eigenvalue weighted by Crippen LogP contribution is -2.26. The van der Waals surface area contributed by atoms with Crippen LogP contribution >= 0.6 is 15.9 Å². The molecule has 0 N–H and O–H groups in total. The van der Waals surface area contributed by atoms with Gasteiger partial charge in [0.25, 0.3) is 5.56 Å². The molecule has 8 nitrogen and oxygen atoms in total. The minimum Gasteiger partial charge on any atom is -0.461 e. The summed E-state index contributed by atoms with van der Waals surface area (Å²) < 4.78 is 36.8. The van der Waals surface area contributed by atoms with Crippen LogP contribution < -0.4 is 9.74 Å². The van der Waals surface area contributed by atoms with Gasteiger partial charge in [0.2, 0.25) is 5.69 Å². The van der Waals surface area contributed by atoms with E-state index in [0.29, 0.717) is 10.2 Å². The number of hydrogen-bond donors (Lipinski definition) is 0. The van der Waals surface area contributed by atoms with Gasteiger partial charge >= 0.3 is 16.1 Å². The average molecular weight is 479 g/mol. The third-order valence-corrected chi connectivity index (χ3v) is 5.45. The Morgan fingerprint density at radius 1 is 1.10 bits per heavy atom. The number of hydrogen-bond acceptors (Lipinski definition) is 7. The lowest BCUT2D eigenvalue weighted by atomic mass is 10.3. The summed E-state index contributed by atoms with van der Waals surface area (Å²) >= 11 is 3.22. The summed E-state index contributed by atoms with van der Waals surface area (Å²) in [4.78, 5) is 24.7. The van der Waals surface area contributed by atoms with E-state index in [1.807, 2.05) is 0 Å². The molecule has 0 atom stereocenters. The van der Waals surface area contributed by atoms with Crippen molar-refractivity contribution in [3.63, 3.8) is 0 Å². The maximum atomic E-state index is 12.6. The SMILES string of the molecule is CCOC(=O)c1nn(-c2ccccc2)c(=O)cc1OS(=O)(=O)c1ccc(Br)cc1. The summed E-state index contributed by atoms with van der Waals surface area (Å²) in [5.74, 6) is -1.43. The normalized spacial score (nSPS) is 11.1. The molecule has 0 saturated carbocycles. The monoisotopic (exact) mass is 478 g/mol. The number of carbonyl (C=O) groups excluding carboxylic acids is 1. The van der Waals surface area contributed by atoms with Crippen LogP contribution in [0.25, 0.3) is 5.69 Å². The molecule has 10 heteroatoms. The Labute approximate surface area is 175 Å². The van der Waals surface area contributed by atoms with Crippen LogP contribution in [0.4, 0.5) is 0 Å². The Bertz CT molecular complexity index is 1190. The molecule has 3 rings (SSSR count). The Hall–Kier alpha value is -2.98. The van der Waals surface area contributed by atoms with Crippen LogP contribution in [0.5, 0.6) is 5.75 Å². The van der Waals surface area contributed by atoms with Crippen molar-refractivity contribution in [3.8, 4) is 11.4 Å². The van der Waals surface area contributed by atoms with Gasteiger partial charge in [-0.15, -0.1) is 0 Å². The van der Waals surface area contributed by atoms with E-state index in [9.17, 15) is 18.0 Å². The van der Waals surface area contributed by atoms with Gasteiger partial charge in [0, 0.05) is 4.47 Å². The fourth-order valence-electron chi connectivity index (χ4n) is 2.37. The number of benzene rings is 2. The number of esters is 1. The van der Waals surface area contributed by atoms with Crippen LogP contribution in [0.2, 0.25) is 0 Å². The fraction of sp³-hybridized carbons (Fsp3) is 0.105. The largest absolute Gasteiger partial charge is 0.461 e. The van der Waals surface area contributed by atoms with Crippen molar-refractivity contribution in [1.82, 2.24) is 9.78 Å². The van der Waals surface area contributed by atoms with E-state index in [0.717, 1.165) is 10.7 Å². The maximum Gasteiger partial charge on any atom is 0.362 e. The molecular weight excluding hydrogens is 464 g/mol. The minimum atomic E-state index is -4.31. The van der Waals surface area contributed by atoms with Crippen LogP contribution in [0, 0.1) is 0 Å². The number of halogens is 1. The molecule has 0 saturated heterocycles. The second kappa shape index (κ2) is 8.58. The molecule has 0 radical (unpaired) electrons. The molecule has 0 aliphatic heterocycles. The zero-order valence-corrected chi connectivity index (χ0v) is 17.5. The first-order chi connectivity index (χ1) is 13.8. The summed E-state index contributed by atoms with van der Waals surface area (Å²) in [6.45, 7) is 1.62. The smallest absolute Gasteiger partial charge is 0.362 e. The standard InChI is InChI=1S/C19H15BrN2O6S/c1-2-27-19(24)18-16(28-29(25,26)15-10-8-13(20)9-11-15)12-17(23)22(21-18)14-6-4-3-5-7-14/h3-12H,2H2,1H3. The summed E-state index contributed by atoms with van der Waals surface area (Å²) in [7, 11) is -4.31. The topological polar surface area (TPSA) is 105 Å². The molecular formula is C19H15BrN2O6S. The van der Waals surface area contributed by atoms with Crippen molar-refractivity contribution >= 4 is 32.0 Å². The number of para-hydroxylation sites is 1. The Balaban J connectivity index is 2.10. The van der Waals surface area contributed by atoms with Gasteiger partial charge in [-0.3, -0.25) is 4.79 Å². The van der Waals surface area contributed by atoms with Gasteiger partial charge in [0.15, 0.2) is 5.75 Å². The van der Waals surface area contributed by atoms with Crippen molar-refractivity contribution in [3.05, 3.63) is 81.2 Å². The second-order valence-electron chi connectivity index (χ2n) is 5.65. The molecule has 2 aromatic carbocycles. The lowest BCUT2D eigenvalue weighted by Gasteiger charge is -2.12. The summed E-state index contributed by atoms with van der Waals surface area (Å²) in [5.41, 5.74) is -0.716. The van der Waals surface area contributed by atoms with E-state index in [1.165, 1.54) is 24.3 Å². The van der Waals surface area contributed by atoms with Gasteiger partial charge in [0.05, 0.1) is 18.4 Å². The summed E-state index contributed by atoms with van der Waals surface area (Å²) in [6, 6.07) is 14.9. The van der Waals surface area contributed by atoms with Gasteiger partial charge in [-0.1, -0.05) is 34.1 Å². The number of rotatable bonds is 6. The second-order valence-corrected chi connectivity index (χ2v) is 8.12. The van der Waals surface area contributed by atoms with Crippen molar-refractivity contribution < 1.29 is 22.1 Å². The van der Waals surface area contributed by atoms with E-state index in [4.69, 9.17) is 8.92 Å². The first-order valence-electron chi connectivity index (χ1n) is 8.39. The molecule has 150 valence electrons. The highest BCUT2D eigenvalue weighted by molar-refractivity contribution is 9.10. The highest BCUT2D eigenvalue weighted by Crippen LogP contribution is 2.23. The Kier molecular flexibility index (Phi) is 6.14. The van der Waals surface area contributed by atoms with Crippen LogP contribution in [0.1, 0.15) is 17.4 Å².